The van der Waals surface area contributed by atoms with Crippen molar-refractivity contribution in [3.05, 3.63) is 11.9 Å². The van der Waals surface area contributed by atoms with Crippen LogP contribution in [0.3, 0.4) is 0 Å². The van der Waals surface area contributed by atoms with Gasteiger partial charge in [0.1, 0.15) is 5.92 Å². The van der Waals surface area contributed by atoms with E-state index in [0.29, 0.717) is 0 Å². The Morgan fingerprint density at radius 3 is 2.54 bits per heavy atom. The molecule has 0 saturated carbocycles. The maximum absolute atomic E-state index is 12.3. The highest BCUT2D eigenvalue weighted by Gasteiger charge is 2.41. The SMILES string of the molecule is Cn1cc(C(CN)C(F)(F)F)nn1. The van der Waals surface area contributed by atoms with Crippen molar-refractivity contribution in [3.8, 4) is 0 Å². The lowest BCUT2D eigenvalue weighted by atomic mass is 10.1. The zero-order valence-electron chi connectivity index (χ0n) is 6.91. The molecule has 1 aromatic rings. The molecule has 0 saturated heterocycles. The molecule has 74 valence electrons. The molecule has 0 bridgehead atoms. The Morgan fingerprint density at radius 2 is 2.23 bits per heavy atom. The van der Waals surface area contributed by atoms with E-state index < -0.39 is 18.6 Å². The normalized spacial score (nSPS) is 14.5. The van der Waals surface area contributed by atoms with Crippen molar-refractivity contribution in [1.29, 1.82) is 0 Å². The largest absolute Gasteiger partial charge is 0.398 e. The number of hydrogen-bond donors (Lipinski definition) is 1. The molecule has 4 nitrogen and oxygen atoms in total. The lowest BCUT2D eigenvalue weighted by Crippen LogP contribution is -2.28. The molecule has 7 heteroatoms. The van der Waals surface area contributed by atoms with E-state index in [1.807, 2.05) is 0 Å². The monoisotopic (exact) mass is 194 g/mol. The molecule has 0 amide bonds. The highest BCUT2D eigenvalue weighted by molar-refractivity contribution is 5.05. The average molecular weight is 194 g/mol. The summed E-state index contributed by atoms with van der Waals surface area (Å²) in [5.74, 6) is -1.72. The van der Waals surface area contributed by atoms with E-state index in [-0.39, 0.29) is 5.69 Å². The van der Waals surface area contributed by atoms with Crippen LogP contribution in [0, 0.1) is 0 Å². The van der Waals surface area contributed by atoms with Gasteiger partial charge in [-0.15, -0.1) is 5.10 Å². The Morgan fingerprint density at radius 1 is 1.62 bits per heavy atom. The van der Waals surface area contributed by atoms with Gasteiger partial charge in [0, 0.05) is 19.8 Å². The summed E-state index contributed by atoms with van der Waals surface area (Å²) in [6, 6.07) is 0. The molecule has 1 aromatic heterocycles. The zero-order chi connectivity index (χ0) is 10.1. The lowest BCUT2D eigenvalue weighted by Gasteiger charge is -2.14. The van der Waals surface area contributed by atoms with Gasteiger partial charge in [0.2, 0.25) is 0 Å². The number of aromatic nitrogens is 3. The summed E-state index contributed by atoms with van der Waals surface area (Å²) in [6.07, 6.45) is -3.14. The number of halogens is 3. The first-order valence-electron chi connectivity index (χ1n) is 3.58. The van der Waals surface area contributed by atoms with Crippen molar-refractivity contribution < 1.29 is 13.2 Å². The molecule has 0 aromatic carbocycles. The number of nitrogens with two attached hydrogens (primary N) is 1. The Balaban J connectivity index is 2.91. The van der Waals surface area contributed by atoms with Gasteiger partial charge in [-0.3, -0.25) is 4.68 Å². The fraction of sp³-hybridized carbons (Fsp3) is 0.667. The van der Waals surface area contributed by atoms with E-state index in [9.17, 15) is 13.2 Å². The van der Waals surface area contributed by atoms with Crippen LogP contribution in [0.5, 0.6) is 0 Å². The topological polar surface area (TPSA) is 56.7 Å². The molecule has 1 heterocycles. The van der Waals surface area contributed by atoms with Gasteiger partial charge in [0.25, 0.3) is 0 Å². The molecule has 0 spiro atoms. The van der Waals surface area contributed by atoms with Crippen molar-refractivity contribution in [2.75, 3.05) is 6.54 Å². The number of aryl methyl sites for hydroxylation is 1. The van der Waals surface area contributed by atoms with E-state index in [2.05, 4.69) is 10.3 Å². The molecule has 0 fully saturated rings. The highest BCUT2D eigenvalue weighted by atomic mass is 19.4. The first kappa shape index (κ1) is 9.97. The standard InChI is InChI=1S/C6H9F3N4/c1-13-3-5(11-12-13)4(2-10)6(7,8)9/h3-4H,2,10H2,1H3. The molecule has 13 heavy (non-hydrogen) atoms. The molecule has 0 aliphatic carbocycles. The first-order chi connectivity index (χ1) is 5.95. The number of nitrogens with zero attached hydrogens (tertiary/aromatic N) is 3. The molecular weight excluding hydrogens is 185 g/mol. The van der Waals surface area contributed by atoms with Crippen molar-refractivity contribution >= 4 is 0 Å². The van der Waals surface area contributed by atoms with Crippen LogP contribution in [0.2, 0.25) is 0 Å². The Labute approximate surface area is 72.5 Å². The van der Waals surface area contributed by atoms with Crippen LogP contribution in [-0.2, 0) is 7.05 Å². The van der Waals surface area contributed by atoms with Crippen molar-refractivity contribution in [3.63, 3.8) is 0 Å². The van der Waals surface area contributed by atoms with Crippen molar-refractivity contribution in [2.24, 2.45) is 12.8 Å². The molecule has 0 radical (unpaired) electrons. The predicted octanol–water partition coefficient (Wildman–Crippen LogP) is 0.420. The third-order valence-electron chi connectivity index (χ3n) is 1.61. The maximum Gasteiger partial charge on any atom is 0.398 e. The van der Waals surface area contributed by atoms with Gasteiger partial charge >= 0.3 is 6.18 Å². The Hall–Kier alpha value is -1.11. The number of rotatable bonds is 2. The third-order valence-corrected chi connectivity index (χ3v) is 1.61. The fourth-order valence-corrected chi connectivity index (χ4v) is 0.947. The predicted molar refractivity (Wildman–Crippen MR) is 38.9 cm³/mol. The van der Waals surface area contributed by atoms with Gasteiger partial charge in [-0.1, -0.05) is 5.21 Å². The minimum absolute atomic E-state index is 0.141. The van der Waals surface area contributed by atoms with Crippen molar-refractivity contribution in [2.45, 2.75) is 12.1 Å². The van der Waals surface area contributed by atoms with Crippen LogP contribution in [-0.4, -0.2) is 27.7 Å². The van der Waals surface area contributed by atoms with Crippen LogP contribution in [0.15, 0.2) is 6.20 Å². The maximum atomic E-state index is 12.3. The highest BCUT2D eigenvalue weighted by Crippen LogP contribution is 2.32. The van der Waals surface area contributed by atoms with Gasteiger partial charge in [-0.25, -0.2) is 0 Å². The van der Waals surface area contributed by atoms with Crippen LogP contribution in [0.1, 0.15) is 11.6 Å². The summed E-state index contributed by atoms with van der Waals surface area (Å²) in [7, 11) is 1.50. The van der Waals surface area contributed by atoms with Crippen LogP contribution in [0.4, 0.5) is 13.2 Å². The van der Waals surface area contributed by atoms with E-state index in [1.54, 1.807) is 0 Å². The fourth-order valence-electron chi connectivity index (χ4n) is 0.947. The molecule has 1 unspecified atom stereocenters. The summed E-state index contributed by atoms with van der Waals surface area (Å²) < 4.78 is 38.0. The molecule has 2 N–H and O–H groups in total. The second-order valence-corrected chi connectivity index (χ2v) is 2.65. The first-order valence-corrected chi connectivity index (χ1v) is 3.58. The van der Waals surface area contributed by atoms with Gasteiger partial charge in [0.05, 0.1) is 5.69 Å². The summed E-state index contributed by atoms with van der Waals surface area (Å²) >= 11 is 0. The summed E-state index contributed by atoms with van der Waals surface area (Å²) in [5, 5.41) is 6.78. The van der Waals surface area contributed by atoms with Gasteiger partial charge < -0.3 is 5.73 Å². The van der Waals surface area contributed by atoms with Gasteiger partial charge in [-0.05, 0) is 0 Å². The Kier molecular flexibility index (Phi) is 2.55. The average Bonchev–Trinajstić information content (AvgIpc) is 2.34. The third kappa shape index (κ3) is 2.18. The number of alkyl halides is 3. The van der Waals surface area contributed by atoms with Crippen molar-refractivity contribution in [1.82, 2.24) is 15.0 Å². The van der Waals surface area contributed by atoms with Crippen LogP contribution >= 0.6 is 0 Å². The minimum Gasteiger partial charge on any atom is -0.329 e. The van der Waals surface area contributed by atoms with E-state index in [4.69, 9.17) is 5.73 Å². The quantitative estimate of drug-likeness (QED) is 0.742. The van der Waals surface area contributed by atoms with Gasteiger partial charge in [0.15, 0.2) is 0 Å². The molecule has 1 rings (SSSR count). The summed E-state index contributed by atoms with van der Waals surface area (Å²) in [4.78, 5) is 0. The van der Waals surface area contributed by atoms with Crippen LogP contribution < -0.4 is 5.73 Å². The van der Waals surface area contributed by atoms with E-state index >= 15 is 0 Å². The zero-order valence-corrected chi connectivity index (χ0v) is 6.91. The van der Waals surface area contributed by atoms with Crippen LogP contribution in [0.25, 0.3) is 0 Å². The number of hydrogen-bond acceptors (Lipinski definition) is 3. The molecule has 0 aliphatic rings. The molecule has 0 aliphatic heterocycles. The summed E-state index contributed by atoms with van der Waals surface area (Å²) in [6.45, 7) is -0.512. The molecule has 1 atom stereocenters. The second kappa shape index (κ2) is 3.33. The minimum atomic E-state index is -4.36. The smallest absolute Gasteiger partial charge is 0.329 e. The Bertz CT molecular complexity index is 280. The molecular formula is C6H9F3N4. The summed E-state index contributed by atoms with van der Waals surface area (Å²) in [5.41, 5.74) is 4.86. The van der Waals surface area contributed by atoms with E-state index in [1.165, 1.54) is 17.9 Å². The van der Waals surface area contributed by atoms with Gasteiger partial charge in [-0.2, -0.15) is 13.2 Å². The van der Waals surface area contributed by atoms with E-state index in [0.717, 1.165) is 0 Å². The lowest BCUT2D eigenvalue weighted by molar-refractivity contribution is -0.148. The second-order valence-electron chi connectivity index (χ2n) is 2.65.